The molecule has 2 rings (SSSR count). The predicted molar refractivity (Wildman–Crippen MR) is 116 cm³/mol. The Bertz CT molecular complexity index is 927. The van der Waals surface area contributed by atoms with Crippen LogP contribution in [0.15, 0.2) is 36.4 Å². The van der Waals surface area contributed by atoms with Gasteiger partial charge in [-0.2, -0.15) is 0 Å². The molecule has 0 aromatic heterocycles. The first-order chi connectivity index (χ1) is 13.3. The van der Waals surface area contributed by atoms with Crippen molar-refractivity contribution in [3.8, 4) is 5.75 Å². The van der Waals surface area contributed by atoms with Crippen molar-refractivity contribution in [2.45, 2.75) is 52.6 Å². The Hall–Kier alpha value is -2.73. The molecule has 2 aromatic rings. The van der Waals surface area contributed by atoms with Crippen LogP contribution >= 0.6 is 11.6 Å². The summed E-state index contributed by atoms with van der Waals surface area (Å²) in [5.74, 6) is -0.634. The fourth-order valence-corrected chi connectivity index (χ4v) is 2.60. The normalized spacial score (nSPS) is 11.7. The number of hydrogen-bond donors (Lipinski definition) is 3. The summed E-state index contributed by atoms with van der Waals surface area (Å²) < 4.78 is 5.30. The van der Waals surface area contributed by atoms with E-state index in [0.29, 0.717) is 11.4 Å². The third kappa shape index (κ3) is 6.39. The molecule has 0 saturated heterocycles. The van der Waals surface area contributed by atoms with Gasteiger partial charge in [0, 0.05) is 5.56 Å². The first kappa shape index (κ1) is 22.6. The molecule has 0 saturated carbocycles. The Balaban J connectivity index is 2.36. The van der Waals surface area contributed by atoms with E-state index in [1.165, 1.54) is 18.2 Å². The maximum Gasteiger partial charge on any atom is 0.412 e. The van der Waals surface area contributed by atoms with E-state index in [1.54, 1.807) is 32.9 Å². The smallest absolute Gasteiger partial charge is 0.412 e. The Kier molecular flexibility index (Phi) is 6.48. The average Bonchev–Trinajstić information content (AvgIpc) is 2.56. The quantitative estimate of drug-likeness (QED) is 0.575. The number of carbonyl (C=O) groups is 2. The molecule has 0 bridgehead atoms. The number of amides is 2. The molecule has 0 unspecified atom stereocenters. The van der Waals surface area contributed by atoms with Crippen LogP contribution < -0.4 is 10.6 Å². The van der Waals surface area contributed by atoms with Crippen LogP contribution in [0.4, 0.5) is 16.2 Å². The molecule has 2 aromatic carbocycles. The van der Waals surface area contributed by atoms with Crippen molar-refractivity contribution in [3.05, 3.63) is 52.5 Å². The molecule has 3 N–H and O–H groups in total. The lowest BCUT2D eigenvalue weighted by atomic mass is 9.86. The molecular weight excluding hydrogens is 392 g/mol. The first-order valence-electron chi connectivity index (χ1n) is 9.21. The molecule has 0 radical (unpaired) electrons. The minimum absolute atomic E-state index is 0.156. The van der Waals surface area contributed by atoms with E-state index in [4.69, 9.17) is 16.3 Å². The molecule has 7 heteroatoms. The van der Waals surface area contributed by atoms with Gasteiger partial charge in [-0.15, -0.1) is 0 Å². The molecule has 0 spiro atoms. The molecule has 0 aliphatic rings. The second-order valence-electron chi connectivity index (χ2n) is 8.76. The van der Waals surface area contributed by atoms with Crippen LogP contribution in [0.2, 0.25) is 5.02 Å². The monoisotopic (exact) mass is 418 g/mol. The number of anilines is 2. The fourth-order valence-electron chi connectivity index (χ4n) is 2.49. The third-order valence-electron chi connectivity index (χ3n) is 3.98. The number of phenolic OH excluding ortho intramolecular Hbond substituents is 1. The lowest BCUT2D eigenvalue weighted by molar-refractivity contribution is 0.0635. The Labute approximate surface area is 176 Å². The van der Waals surface area contributed by atoms with E-state index in [1.807, 2.05) is 26.8 Å². The molecule has 156 valence electrons. The van der Waals surface area contributed by atoms with Crippen molar-refractivity contribution >= 4 is 35.0 Å². The lowest BCUT2D eigenvalue weighted by Gasteiger charge is -2.23. The topological polar surface area (TPSA) is 87.7 Å². The zero-order valence-corrected chi connectivity index (χ0v) is 18.3. The minimum atomic E-state index is -0.653. The van der Waals surface area contributed by atoms with Crippen LogP contribution in [0.25, 0.3) is 0 Å². The molecule has 0 heterocycles. The number of halogens is 1. The standard InChI is InChI=1S/C22H27ClN2O4/c1-21(2,3)14-8-10-16(25-20(28)29-22(4,5)6)17(12-14)24-19(27)13-7-9-15(23)18(26)11-13/h7-12,26H,1-6H3,(H,24,27)(H,25,28). The molecule has 0 atom stereocenters. The van der Waals surface area contributed by atoms with Gasteiger partial charge in [0.05, 0.1) is 16.4 Å². The number of carbonyl (C=O) groups excluding carboxylic acids is 2. The molecule has 2 amide bonds. The Morgan fingerprint density at radius 2 is 1.59 bits per heavy atom. The van der Waals surface area contributed by atoms with Gasteiger partial charge < -0.3 is 15.2 Å². The van der Waals surface area contributed by atoms with E-state index < -0.39 is 17.6 Å². The second kappa shape index (κ2) is 8.33. The maximum absolute atomic E-state index is 12.7. The Morgan fingerprint density at radius 3 is 2.14 bits per heavy atom. The van der Waals surface area contributed by atoms with E-state index in [-0.39, 0.29) is 21.8 Å². The summed E-state index contributed by atoms with van der Waals surface area (Å²) in [5, 5.41) is 15.4. The van der Waals surface area contributed by atoms with Crippen molar-refractivity contribution in [2.75, 3.05) is 10.6 Å². The van der Waals surface area contributed by atoms with Crippen molar-refractivity contribution < 1.29 is 19.4 Å². The van der Waals surface area contributed by atoms with Crippen LogP contribution in [-0.2, 0) is 10.2 Å². The van der Waals surface area contributed by atoms with Gasteiger partial charge >= 0.3 is 6.09 Å². The number of aromatic hydroxyl groups is 1. The highest BCUT2D eigenvalue weighted by molar-refractivity contribution is 6.32. The number of rotatable bonds is 3. The van der Waals surface area contributed by atoms with Crippen molar-refractivity contribution in [1.82, 2.24) is 0 Å². The summed E-state index contributed by atoms with van der Waals surface area (Å²) in [7, 11) is 0. The summed E-state index contributed by atoms with van der Waals surface area (Å²) in [5.41, 5.74) is 1.21. The van der Waals surface area contributed by atoms with Gasteiger partial charge in [0.15, 0.2) is 0 Å². The van der Waals surface area contributed by atoms with Gasteiger partial charge in [-0.3, -0.25) is 10.1 Å². The molecule has 0 aliphatic carbocycles. The zero-order chi connectivity index (χ0) is 22.0. The van der Waals surface area contributed by atoms with Crippen LogP contribution in [-0.4, -0.2) is 22.7 Å². The van der Waals surface area contributed by atoms with Crippen molar-refractivity contribution in [1.29, 1.82) is 0 Å². The van der Waals surface area contributed by atoms with E-state index in [9.17, 15) is 14.7 Å². The van der Waals surface area contributed by atoms with Crippen LogP contribution in [0.5, 0.6) is 5.75 Å². The van der Waals surface area contributed by atoms with Gasteiger partial charge in [0.1, 0.15) is 11.4 Å². The van der Waals surface area contributed by atoms with Gasteiger partial charge in [0.2, 0.25) is 0 Å². The summed E-state index contributed by atoms with van der Waals surface area (Å²) >= 11 is 5.81. The van der Waals surface area contributed by atoms with Crippen LogP contribution in [0.1, 0.15) is 57.5 Å². The average molecular weight is 419 g/mol. The van der Waals surface area contributed by atoms with Crippen molar-refractivity contribution in [3.63, 3.8) is 0 Å². The fraction of sp³-hybridized carbons (Fsp3) is 0.364. The van der Waals surface area contributed by atoms with Crippen LogP contribution in [0, 0.1) is 0 Å². The minimum Gasteiger partial charge on any atom is -0.506 e. The highest BCUT2D eigenvalue weighted by Crippen LogP contribution is 2.31. The van der Waals surface area contributed by atoms with E-state index in [0.717, 1.165) is 5.56 Å². The summed E-state index contributed by atoms with van der Waals surface area (Å²) in [6.45, 7) is 11.4. The predicted octanol–water partition coefficient (Wildman–Crippen LogP) is 5.94. The number of nitrogens with one attached hydrogen (secondary N) is 2. The second-order valence-corrected chi connectivity index (χ2v) is 9.16. The lowest BCUT2D eigenvalue weighted by Crippen LogP contribution is -2.27. The highest BCUT2D eigenvalue weighted by atomic mass is 35.5. The van der Waals surface area contributed by atoms with E-state index in [2.05, 4.69) is 10.6 Å². The molecule has 0 fully saturated rings. The Morgan fingerprint density at radius 1 is 0.931 bits per heavy atom. The number of phenols is 1. The van der Waals surface area contributed by atoms with Crippen molar-refractivity contribution in [2.24, 2.45) is 0 Å². The van der Waals surface area contributed by atoms with Gasteiger partial charge in [0.25, 0.3) is 5.91 Å². The molecule has 29 heavy (non-hydrogen) atoms. The third-order valence-corrected chi connectivity index (χ3v) is 4.30. The van der Waals surface area contributed by atoms with Crippen LogP contribution in [0.3, 0.4) is 0 Å². The van der Waals surface area contributed by atoms with Gasteiger partial charge in [-0.05, 0) is 62.1 Å². The zero-order valence-electron chi connectivity index (χ0n) is 17.5. The number of benzene rings is 2. The number of ether oxygens (including phenoxy) is 1. The van der Waals surface area contributed by atoms with Gasteiger partial charge in [-0.1, -0.05) is 38.4 Å². The molecular formula is C22H27ClN2O4. The highest BCUT2D eigenvalue weighted by Gasteiger charge is 2.21. The summed E-state index contributed by atoms with van der Waals surface area (Å²) in [4.78, 5) is 24.9. The summed E-state index contributed by atoms with van der Waals surface area (Å²) in [6, 6.07) is 9.64. The SMILES string of the molecule is CC(C)(C)OC(=O)Nc1ccc(C(C)(C)C)cc1NC(=O)c1ccc(Cl)c(O)c1. The number of hydrogen-bond acceptors (Lipinski definition) is 4. The summed E-state index contributed by atoms with van der Waals surface area (Å²) in [6.07, 6.45) is -0.624. The van der Waals surface area contributed by atoms with Gasteiger partial charge in [-0.25, -0.2) is 4.79 Å². The largest absolute Gasteiger partial charge is 0.506 e. The molecule has 6 nitrogen and oxygen atoms in total. The maximum atomic E-state index is 12.7. The first-order valence-corrected chi connectivity index (χ1v) is 9.58. The van der Waals surface area contributed by atoms with E-state index >= 15 is 0 Å². The molecule has 0 aliphatic heterocycles.